The second-order valence-electron chi connectivity index (χ2n) is 6.90. The molecular formula is C23H33N5. The molecule has 2 aromatic rings. The number of nitrogens with two attached hydrogens (primary N) is 1. The zero-order valence-electron chi connectivity index (χ0n) is 17.4. The predicted molar refractivity (Wildman–Crippen MR) is 120 cm³/mol. The van der Waals surface area contributed by atoms with Crippen LogP contribution in [0.25, 0.3) is 11.3 Å². The van der Waals surface area contributed by atoms with Gasteiger partial charge in [0, 0.05) is 31.2 Å². The predicted octanol–water partition coefficient (Wildman–Crippen LogP) is 5.13. The molecule has 0 aliphatic heterocycles. The minimum absolute atomic E-state index is 0.507. The smallest absolute Gasteiger partial charge is 0.227 e. The molecule has 0 aliphatic carbocycles. The van der Waals surface area contributed by atoms with Crippen molar-refractivity contribution >= 4 is 12.2 Å². The molecule has 0 saturated carbocycles. The van der Waals surface area contributed by atoms with E-state index in [0.29, 0.717) is 11.6 Å². The molecule has 0 amide bonds. The molecule has 0 spiro atoms. The highest BCUT2D eigenvalue weighted by Gasteiger charge is 2.07. The summed E-state index contributed by atoms with van der Waals surface area (Å²) >= 11 is 0. The third-order valence-electron chi connectivity index (χ3n) is 4.79. The van der Waals surface area contributed by atoms with E-state index in [1.165, 1.54) is 49.4 Å². The Morgan fingerprint density at radius 3 is 2.64 bits per heavy atom. The van der Waals surface area contributed by atoms with Gasteiger partial charge < -0.3 is 11.1 Å². The van der Waals surface area contributed by atoms with Crippen LogP contribution in [-0.4, -0.2) is 23.2 Å². The maximum atomic E-state index is 5.61. The molecular weight excluding hydrogens is 346 g/mol. The second-order valence-corrected chi connectivity index (χ2v) is 6.90. The van der Waals surface area contributed by atoms with Crippen LogP contribution in [0.4, 0.5) is 5.95 Å². The van der Waals surface area contributed by atoms with E-state index in [1.807, 2.05) is 6.07 Å². The molecule has 0 radical (unpaired) electrons. The van der Waals surface area contributed by atoms with Gasteiger partial charge in [0.05, 0.1) is 11.4 Å². The van der Waals surface area contributed by atoms with Crippen LogP contribution in [0.1, 0.15) is 57.1 Å². The fraction of sp³-hybridized carbons (Fsp3) is 0.435. The van der Waals surface area contributed by atoms with E-state index in [4.69, 9.17) is 5.73 Å². The van der Waals surface area contributed by atoms with Crippen LogP contribution in [-0.2, 0) is 12.8 Å². The molecule has 0 unspecified atom stereocenters. The third-order valence-corrected chi connectivity index (χ3v) is 4.79. The summed E-state index contributed by atoms with van der Waals surface area (Å²) in [6, 6.07) is 8.63. The van der Waals surface area contributed by atoms with Crippen molar-refractivity contribution in [1.29, 1.82) is 0 Å². The zero-order valence-corrected chi connectivity index (χ0v) is 17.4. The Balaban J connectivity index is 2.13. The van der Waals surface area contributed by atoms with Gasteiger partial charge in [-0.2, -0.15) is 0 Å². The standard InChI is InChI=1S/C23H33N5/c1-4-6-7-8-9-10-19-11-12-20(15-18(19)5-2)22-13-14-26-23(28-22)27-21(16-24)17-25-3/h11-17H,4-10,24H2,1-3H3,(H,26,27,28). The number of aryl methyl sites for hydroxylation is 2. The Morgan fingerprint density at radius 1 is 1.11 bits per heavy atom. The Labute approximate surface area is 169 Å². The molecule has 150 valence electrons. The van der Waals surface area contributed by atoms with Gasteiger partial charge in [-0.05, 0) is 42.5 Å². The Kier molecular flexibility index (Phi) is 9.19. The van der Waals surface area contributed by atoms with Gasteiger partial charge in [-0.3, -0.25) is 4.99 Å². The first-order valence-corrected chi connectivity index (χ1v) is 10.3. The van der Waals surface area contributed by atoms with E-state index in [-0.39, 0.29) is 0 Å². The number of aromatic nitrogens is 2. The first-order valence-electron chi connectivity index (χ1n) is 10.3. The van der Waals surface area contributed by atoms with Crippen molar-refractivity contribution in [3.63, 3.8) is 0 Å². The maximum absolute atomic E-state index is 5.61. The fourth-order valence-electron chi connectivity index (χ4n) is 3.24. The number of rotatable bonds is 11. The number of hydrogen-bond donors (Lipinski definition) is 2. The summed E-state index contributed by atoms with van der Waals surface area (Å²) in [7, 11) is 1.69. The van der Waals surface area contributed by atoms with Gasteiger partial charge in [0.25, 0.3) is 0 Å². The SMILES string of the molecule is CCCCCCCc1ccc(-c2ccnc(NC(C=NC)=CN)n2)cc1CC. The van der Waals surface area contributed by atoms with E-state index in [2.05, 4.69) is 52.3 Å². The van der Waals surface area contributed by atoms with Gasteiger partial charge in [0.15, 0.2) is 0 Å². The summed E-state index contributed by atoms with van der Waals surface area (Å²) in [5.41, 5.74) is 11.1. The molecule has 2 rings (SSSR count). The van der Waals surface area contributed by atoms with Gasteiger partial charge in [-0.1, -0.05) is 51.7 Å². The number of benzene rings is 1. The van der Waals surface area contributed by atoms with Crippen LogP contribution in [0.2, 0.25) is 0 Å². The number of nitrogens with zero attached hydrogens (tertiary/aromatic N) is 3. The largest absolute Gasteiger partial charge is 0.403 e. The Bertz CT molecular complexity index is 795. The molecule has 1 aromatic heterocycles. The molecule has 0 aliphatic rings. The van der Waals surface area contributed by atoms with E-state index < -0.39 is 0 Å². The summed E-state index contributed by atoms with van der Waals surface area (Å²) in [5, 5.41) is 3.09. The summed E-state index contributed by atoms with van der Waals surface area (Å²) in [6.07, 6.45) is 13.6. The highest BCUT2D eigenvalue weighted by molar-refractivity contribution is 5.82. The van der Waals surface area contributed by atoms with E-state index in [9.17, 15) is 0 Å². The van der Waals surface area contributed by atoms with Crippen LogP contribution in [0.5, 0.6) is 0 Å². The minimum atomic E-state index is 0.507. The van der Waals surface area contributed by atoms with Gasteiger partial charge in [0.1, 0.15) is 0 Å². The van der Waals surface area contributed by atoms with Crippen molar-refractivity contribution in [3.8, 4) is 11.3 Å². The lowest BCUT2D eigenvalue weighted by Crippen LogP contribution is -2.07. The topological polar surface area (TPSA) is 76.2 Å². The molecule has 5 heteroatoms. The van der Waals surface area contributed by atoms with E-state index in [1.54, 1.807) is 19.5 Å². The second kappa shape index (κ2) is 11.9. The number of allylic oxidation sites excluding steroid dienone is 1. The van der Waals surface area contributed by atoms with Crippen molar-refractivity contribution in [2.24, 2.45) is 10.7 Å². The average Bonchev–Trinajstić information content (AvgIpc) is 2.73. The summed E-state index contributed by atoms with van der Waals surface area (Å²) in [5.74, 6) is 0.507. The molecule has 3 N–H and O–H groups in total. The Hall–Kier alpha value is -2.69. The number of aliphatic imine (C=N–C) groups is 1. The van der Waals surface area contributed by atoms with E-state index >= 15 is 0 Å². The quantitative estimate of drug-likeness (QED) is 0.419. The molecule has 0 saturated heterocycles. The Morgan fingerprint density at radius 2 is 1.93 bits per heavy atom. The molecule has 1 aromatic carbocycles. The summed E-state index contributed by atoms with van der Waals surface area (Å²) in [4.78, 5) is 12.9. The van der Waals surface area contributed by atoms with Crippen LogP contribution in [0.3, 0.4) is 0 Å². The molecule has 0 bridgehead atoms. The van der Waals surface area contributed by atoms with Gasteiger partial charge in [-0.15, -0.1) is 0 Å². The van der Waals surface area contributed by atoms with Crippen molar-refractivity contribution in [2.75, 3.05) is 12.4 Å². The molecule has 5 nitrogen and oxygen atoms in total. The minimum Gasteiger partial charge on any atom is -0.403 e. The van der Waals surface area contributed by atoms with Gasteiger partial charge >= 0.3 is 0 Å². The average molecular weight is 380 g/mol. The first-order chi connectivity index (χ1) is 13.7. The van der Waals surface area contributed by atoms with Gasteiger partial charge in [0.2, 0.25) is 5.95 Å². The van der Waals surface area contributed by atoms with Gasteiger partial charge in [-0.25, -0.2) is 9.97 Å². The molecule has 0 fully saturated rings. The van der Waals surface area contributed by atoms with E-state index in [0.717, 1.165) is 24.1 Å². The highest BCUT2D eigenvalue weighted by Crippen LogP contribution is 2.23. The lowest BCUT2D eigenvalue weighted by atomic mass is 9.96. The van der Waals surface area contributed by atoms with Crippen LogP contribution >= 0.6 is 0 Å². The van der Waals surface area contributed by atoms with Crippen LogP contribution in [0, 0.1) is 0 Å². The summed E-state index contributed by atoms with van der Waals surface area (Å²) < 4.78 is 0. The van der Waals surface area contributed by atoms with Crippen molar-refractivity contribution in [1.82, 2.24) is 9.97 Å². The lowest BCUT2D eigenvalue weighted by molar-refractivity contribution is 0.631. The highest BCUT2D eigenvalue weighted by atomic mass is 15.1. The first kappa shape index (κ1) is 21.6. The molecule has 28 heavy (non-hydrogen) atoms. The number of unbranched alkanes of at least 4 members (excludes halogenated alkanes) is 4. The third kappa shape index (κ3) is 6.48. The van der Waals surface area contributed by atoms with Crippen LogP contribution in [0.15, 0.2) is 47.4 Å². The fourth-order valence-corrected chi connectivity index (χ4v) is 3.24. The number of anilines is 1. The van der Waals surface area contributed by atoms with Crippen molar-refractivity contribution in [3.05, 3.63) is 53.5 Å². The zero-order chi connectivity index (χ0) is 20.2. The van der Waals surface area contributed by atoms with Crippen molar-refractivity contribution < 1.29 is 0 Å². The van der Waals surface area contributed by atoms with Crippen molar-refractivity contribution in [2.45, 2.75) is 58.8 Å². The van der Waals surface area contributed by atoms with Crippen LogP contribution < -0.4 is 11.1 Å². The monoisotopic (exact) mass is 379 g/mol. The normalized spacial score (nSPS) is 11.9. The maximum Gasteiger partial charge on any atom is 0.227 e. The number of hydrogen-bond acceptors (Lipinski definition) is 5. The summed E-state index contributed by atoms with van der Waals surface area (Å²) in [6.45, 7) is 4.47. The lowest BCUT2D eigenvalue weighted by Gasteiger charge is -2.11. The molecule has 1 heterocycles. The molecule has 0 atom stereocenters. The number of nitrogens with one attached hydrogen (secondary N) is 1.